The van der Waals surface area contributed by atoms with E-state index in [1.165, 1.54) is 37.7 Å². The van der Waals surface area contributed by atoms with Crippen molar-refractivity contribution in [3.05, 3.63) is 65.5 Å². The highest BCUT2D eigenvalue weighted by Crippen LogP contribution is 2.29. The van der Waals surface area contributed by atoms with E-state index >= 15 is 0 Å². The lowest BCUT2D eigenvalue weighted by molar-refractivity contribution is -0.137. The molecule has 0 radical (unpaired) electrons. The quantitative estimate of drug-likeness (QED) is 0.676. The Bertz CT molecular complexity index is 817. The molecule has 0 saturated heterocycles. The van der Waals surface area contributed by atoms with Gasteiger partial charge in [0.2, 0.25) is 0 Å². The molecule has 0 bridgehead atoms. The molecule has 8 heteroatoms. The Balaban J connectivity index is 2.24. The van der Waals surface area contributed by atoms with Crippen LogP contribution in [0.25, 0.3) is 6.08 Å². The minimum atomic E-state index is -4.54. The van der Waals surface area contributed by atoms with E-state index in [0.717, 1.165) is 24.3 Å². The van der Waals surface area contributed by atoms with Gasteiger partial charge in [0.1, 0.15) is 0 Å². The number of carbonyl (C=O) groups excluding carboxylic acids is 2. The lowest BCUT2D eigenvalue weighted by Crippen LogP contribution is -2.14. The zero-order valence-electron chi connectivity index (χ0n) is 13.0. The molecule has 130 valence electrons. The summed E-state index contributed by atoms with van der Waals surface area (Å²) < 4.78 is 42.7. The molecule has 25 heavy (non-hydrogen) atoms. The van der Waals surface area contributed by atoms with Gasteiger partial charge in [-0.1, -0.05) is 6.07 Å². The van der Waals surface area contributed by atoms with E-state index in [0.29, 0.717) is 5.56 Å². The van der Waals surface area contributed by atoms with Crippen LogP contribution in [0.3, 0.4) is 0 Å². The zero-order valence-corrected chi connectivity index (χ0v) is 13.0. The number of rotatable bonds is 4. The van der Waals surface area contributed by atoms with Crippen LogP contribution >= 0.6 is 0 Å². The summed E-state index contributed by atoms with van der Waals surface area (Å²) in [5.41, 5.74) is -0.385. The molecule has 1 N–H and O–H groups in total. The van der Waals surface area contributed by atoms with Crippen molar-refractivity contribution in [3.8, 4) is 0 Å². The summed E-state index contributed by atoms with van der Waals surface area (Å²) in [5, 5.41) is 2.48. The summed E-state index contributed by atoms with van der Waals surface area (Å²) in [6, 6.07) is 5.59. The first-order valence-electron chi connectivity index (χ1n) is 7.00. The molecule has 0 spiro atoms. The Morgan fingerprint density at radius 2 is 2.00 bits per heavy atom. The Hall–Kier alpha value is -3.16. The Kier molecular flexibility index (Phi) is 5.53. The molecule has 0 fully saturated rings. The van der Waals surface area contributed by atoms with Gasteiger partial charge in [-0.25, -0.2) is 4.79 Å². The highest BCUT2D eigenvalue weighted by molar-refractivity contribution is 6.05. The average Bonchev–Trinajstić information content (AvgIpc) is 2.60. The maximum atomic E-state index is 12.7. The molecule has 0 atom stereocenters. The van der Waals surface area contributed by atoms with Gasteiger partial charge in [-0.15, -0.1) is 0 Å². The van der Waals surface area contributed by atoms with Crippen LogP contribution in [0.2, 0.25) is 0 Å². The third-order valence-electron chi connectivity index (χ3n) is 3.16. The minimum Gasteiger partial charge on any atom is -0.466 e. The fraction of sp³-hybridized carbons (Fsp3) is 0.118. The Morgan fingerprint density at radius 3 is 2.68 bits per heavy atom. The lowest BCUT2D eigenvalue weighted by Gasteiger charge is -2.10. The molecular weight excluding hydrogens is 337 g/mol. The normalized spacial score (nSPS) is 11.4. The molecule has 1 heterocycles. The zero-order chi connectivity index (χ0) is 18.4. The molecule has 1 aromatic carbocycles. The Morgan fingerprint density at radius 1 is 1.24 bits per heavy atom. The van der Waals surface area contributed by atoms with Crippen LogP contribution in [0.5, 0.6) is 0 Å². The van der Waals surface area contributed by atoms with Gasteiger partial charge in [-0.2, -0.15) is 13.2 Å². The molecular formula is C17H13F3N2O3. The van der Waals surface area contributed by atoms with Crippen LogP contribution in [0, 0.1) is 0 Å². The van der Waals surface area contributed by atoms with E-state index in [1.54, 1.807) is 0 Å². The predicted molar refractivity (Wildman–Crippen MR) is 84.7 cm³/mol. The minimum absolute atomic E-state index is 0.151. The number of alkyl halides is 3. The van der Waals surface area contributed by atoms with Gasteiger partial charge in [0, 0.05) is 23.4 Å². The van der Waals surface area contributed by atoms with E-state index in [1.807, 2.05) is 0 Å². The summed E-state index contributed by atoms with van der Waals surface area (Å²) in [7, 11) is 1.22. The molecule has 0 unspecified atom stereocenters. The van der Waals surface area contributed by atoms with Gasteiger partial charge in [0.15, 0.2) is 0 Å². The first-order chi connectivity index (χ1) is 11.8. The van der Waals surface area contributed by atoms with Crippen LogP contribution in [-0.4, -0.2) is 24.0 Å². The molecule has 0 aliphatic carbocycles. The smallest absolute Gasteiger partial charge is 0.416 e. The lowest BCUT2D eigenvalue weighted by atomic mass is 10.1. The number of hydrogen-bond acceptors (Lipinski definition) is 4. The van der Waals surface area contributed by atoms with E-state index in [4.69, 9.17) is 0 Å². The van der Waals surface area contributed by atoms with Gasteiger partial charge < -0.3 is 10.1 Å². The number of pyridine rings is 1. The molecule has 5 nitrogen and oxygen atoms in total. The van der Waals surface area contributed by atoms with E-state index in [-0.39, 0.29) is 11.3 Å². The van der Waals surface area contributed by atoms with Crippen LogP contribution < -0.4 is 5.32 Å². The first kappa shape index (κ1) is 18.2. The number of esters is 1. The van der Waals surface area contributed by atoms with Gasteiger partial charge in [-0.05, 0) is 30.3 Å². The van der Waals surface area contributed by atoms with Gasteiger partial charge in [0.05, 0.1) is 24.6 Å². The highest BCUT2D eigenvalue weighted by atomic mass is 19.4. The van der Waals surface area contributed by atoms with Crippen molar-refractivity contribution >= 4 is 23.6 Å². The Labute approximate surface area is 141 Å². The fourth-order valence-corrected chi connectivity index (χ4v) is 1.91. The summed E-state index contributed by atoms with van der Waals surface area (Å²) >= 11 is 0. The molecule has 2 rings (SSSR count). The topological polar surface area (TPSA) is 68.3 Å². The number of carbonyl (C=O) groups is 2. The number of anilines is 1. The number of aromatic nitrogens is 1. The summed E-state index contributed by atoms with van der Waals surface area (Å²) in [5.74, 6) is -1.32. The van der Waals surface area contributed by atoms with E-state index in [2.05, 4.69) is 15.0 Å². The van der Waals surface area contributed by atoms with Gasteiger partial charge in [-0.3, -0.25) is 9.78 Å². The molecule has 0 aliphatic rings. The van der Waals surface area contributed by atoms with Crippen LogP contribution in [0.1, 0.15) is 21.5 Å². The van der Waals surface area contributed by atoms with Crippen LogP contribution in [0.15, 0.2) is 48.8 Å². The number of benzene rings is 1. The van der Waals surface area contributed by atoms with Crippen LogP contribution in [-0.2, 0) is 15.7 Å². The monoisotopic (exact) mass is 350 g/mol. The summed E-state index contributed by atoms with van der Waals surface area (Å²) in [6.07, 6.45) is 0.767. The van der Waals surface area contributed by atoms with Crippen LogP contribution in [0.4, 0.5) is 18.9 Å². The molecule has 1 aromatic heterocycles. The largest absolute Gasteiger partial charge is 0.466 e. The van der Waals surface area contributed by atoms with Crippen molar-refractivity contribution < 1.29 is 27.5 Å². The molecule has 1 amide bonds. The summed E-state index contributed by atoms with van der Waals surface area (Å²) in [6.45, 7) is 0. The SMILES string of the molecule is COC(=O)C=Cc1ccncc1NC(=O)c1cccc(C(F)(F)F)c1. The van der Waals surface area contributed by atoms with Crippen molar-refractivity contribution in [1.29, 1.82) is 0 Å². The number of amides is 1. The molecule has 2 aromatic rings. The predicted octanol–water partition coefficient (Wildman–Crippen LogP) is 3.54. The summed E-state index contributed by atoms with van der Waals surface area (Å²) in [4.78, 5) is 27.2. The van der Waals surface area contributed by atoms with Crippen molar-refractivity contribution in [1.82, 2.24) is 4.98 Å². The number of ether oxygens (including phenoxy) is 1. The number of hydrogen-bond donors (Lipinski definition) is 1. The number of halogens is 3. The second-order valence-corrected chi connectivity index (χ2v) is 4.85. The van der Waals surface area contributed by atoms with Crippen molar-refractivity contribution in [3.63, 3.8) is 0 Å². The van der Waals surface area contributed by atoms with E-state index in [9.17, 15) is 22.8 Å². The molecule has 0 saturated carbocycles. The third-order valence-corrected chi connectivity index (χ3v) is 3.16. The van der Waals surface area contributed by atoms with Gasteiger partial charge >= 0.3 is 12.1 Å². The second kappa shape index (κ2) is 7.61. The van der Waals surface area contributed by atoms with Gasteiger partial charge in [0.25, 0.3) is 5.91 Å². The maximum Gasteiger partial charge on any atom is 0.416 e. The third kappa shape index (κ3) is 4.90. The fourth-order valence-electron chi connectivity index (χ4n) is 1.91. The average molecular weight is 350 g/mol. The van der Waals surface area contributed by atoms with Crippen molar-refractivity contribution in [2.75, 3.05) is 12.4 Å². The number of nitrogens with zero attached hydrogens (tertiary/aromatic N) is 1. The maximum absolute atomic E-state index is 12.7. The number of nitrogens with one attached hydrogen (secondary N) is 1. The second-order valence-electron chi connectivity index (χ2n) is 4.85. The first-order valence-corrected chi connectivity index (χ1v) is 7.00. The van der Waals surface area contributed by atoms with E-state index < -0.39 is 23.6 Å². The number of methoxy groups -OCH3 is 1. The standard InChI is InChI=1S/C17H13F3N2O3/c1-25-15(23)6-5-11-7-8-21-10-14(11)22-16(24)12-3-2-4-13(9-12)17(18,19)20/h2-10H,1H3,(H,22,24). The van der Waals surface area contributed by atoms with Crippen molar-refractivity contribution in [2.45, 2.75) is 6.18 Å². The highest BCUT2D eigenvalue weighted by Gasteiger charge is 2.30. The van der Waals surface area contributed by atoms with Crippen molar-refractivity contribution in [2.24, 2.45) is 0 Å². The molecule has 0 aliphatic heterocycles.